The molecule has 0 spiro atoms. The summed E-state index contributed by atoms with van der Waals surface area (Å²) in [4.78, 5) is 5.07. The molecule has 4 heteroatoms. The van der Waals surface area contributed by atoms with Crippen LogP contribution in [0, 0.1) is 5.41 Å². The lowest BCUT2D eigenvalue weighted by Gasteiger charge is -2.29. The van der Waals surface area contributed by atoms with Crippen molar-refractivity contribution in [3.8, 4) is 0 Å². The minimum atomic E-state index is 0.0214. The fourth-order valence-corrected chi connectivity index (χ4v) is 3.87. The van der Waals surface area contributed by atoms with Crippen LogP contribution in [0.5, 0.6) is 0 Å². The zero-order chi connectivity index (χ0) is 14.8. The second-order valence-corrected chi connectivity index (χ2v) is 6.52. The lowest BCUT2D eigenvalue weighted by Crippen LogP contribution is -2.40. The largest absolute Gasteiger partial charge is 0.387 e. The van der Waals surface area contributed by atoms with E-state index in [0.717, 1.165) is 31.2 Å². The van der Waals surface area contributed by atoms with Crippen LogP contribution >= 0.6 is 0 Å². The summed E-state index contributed by atoms with van der Waals surface area (Å²) >= 11 is 0. The van der Waals surface area contributed by atoms with Gasteiger partial charge in [0.2, 0.25) is 0 Å². The standard InChI is InChI=1S/C17H26N4/c1-20-14-7-8-15(20)11-21(10-9-14)12-16(17(18)19)13-5-3-2-4-6-13/h2-6,14-16H,7-12H2,1H3,(H3,18,19). The minimum absolute atomic E-state index is 0.0214. The predicted octanol–water partition coefficient (Wildman–Crippen LogP) is 1.87. The molecule has 3 rings (SSSR count). The molecule has 2 aliphatic rings. The van der Waals surface area contributed by atoms with Crippen LogP contribution in [0.2, 0.25) is 0 Å². The van der Waals surface area contributed by atoms with E-state index in [9.17, 15) is 0 Å². The normalized spacial score (nSPS) is 28.2. The molecule has 114 valence electrons. The number of rotatable bonds is 4. The lowest BCUT2D eigenvalue weighted by molar-refractivity contribution is 0.218. The van der Waals surface area contributed by atoms with Gasteiger partial charge in [-0.05, 0) is 38.4 Å². The number of nitrogens with two attached hydrogens (primary N) is 1. The molecule has 2 heterocycles. The van der Waals surface area contributed by atoms with E-state index in [0.29, 0.717) is 6.04 Å². The molecule has 0 saturated carbocycles. The van der Waals surface area contributed by atoms with E-state index in [4.69, 9.17) is 11.1 Å². The highest BCUT2D eigenvalue weighted by Crippen LogP contribution is 2.29. The van der Waals surface area contributed by atoms with Gasteiger partial charge in [-0.1, -0.05) is 30.3 Å². The fraction of sp³-hybridized carbons (Fsp3) is 0.588. The summed E-state index contributed by atoms with van der Waals surface area (Å²) < 4.78 is 0. The predicted molar refractivity (Wildman–Crippen MR) is 86.7 cm³/mol. The number of amidine groups is 1. The Balaban J connectivity index is 1.70. The molecule has 3 unspecified atom stereocenters. The summed E-state index contributed by atoms with van der Waals surface area (Å²) in [5.74, 6) is 0.303. The van der Waals surface area contributed by atoms with Crippen LogP contribution in [0.4, 0.5) is 0 Å². The van der Waals surface area contributed by atoms with E-state index in [1.807, 2.05) is 18.2 Å². The molecule has 2 saturated heterocycles. The van der Waals surface area contributed by atoms with Crippen LogP contribution in [0.15, 0.2) is 30.3 Å². The first-order valence-electron chi connectivity index (χ1n) is 7.98. The van der Waals surface area contributed by atoms with Crippen LogP contribution in [-0.4, -0.2) is 54.4 Å². The first-order chi connectivity index (χ1) is 10.1. The van der Waals surface area contributed by atoms with Gasteiger partial charge in [0, 0.05) is 25.2 Å². The maximum Gasteiger partial charge on any atom is 0.0995 e. The Hall–Kier alpha value is -1.39. The zero-order valence-corrected chi connectivity index (χ0v) is 12.8. The number of fused-ring (bicyclic) bond motifs is 2. The van der Waals surface area contributed by atoms with Crippen molar-refractivity contribution in [2.24, 2.45) is 5.73 Å². The van der Waals surface area contributed by atoms with Gasteiger partial charge in [0.25, 0.3) is 0 Å². The van der Waals surface area contributed by atoms with Gasteiger partial charge in [0.1, 0.15) is 0 Å². The summed E-state index contributed by atoms with van der Waals surface area (Å²) in [5, 5.41) is 7.95. The molecule has 21 heavy (non-hydrogen) atoms. The van der Waals surface area contributed by atoms with Crippen molar-refractivity contribution < 1.29 is 0 Å². The van der Waals surface area contributed by atoms with Crippen LogP contribution < -0.4 is 5.73 Å². The van der Waals surface area contributed by atoms with E-state index in [-0.39, 0.29) is 11.8 Å². The topological polar surface area (TPSA) is 56.4 Å². The molecular formula is C17H26N4. The van der Waals surface area contributed by atoms with E-state index < -0.39 is 0 Å². The highest BCUT2D eigenvalue weighted by atomic mass is 15.3. The van der Waals surface area contributed by atoms with Gasteiger partial charge >= 0.3 is 0 Å². The van der Waals surface area contributed by atoms with Crippen molar-refractivity contribution in [3.05, 3.63) is 35.9 Å². The molecule has 1 aromatic carbocycles. The third kappa shape index (κ3) is 3.11. The first kappa shape index (κ1) is 14.5. The lowest BCUT2D eigenvalue weighted by atomic mass is 9.96. The number of benzene rings is 1. The molecular weight excluding hydrogens is 260 g/mol. The van der Waals surface area contributed by atoms with Crippen molar-refractivity contribution >= 4 is 5.84 Å². The molecule has 2 bridgehead atoms. The number of hydrogen-bond acceptors (Lipinski definition) is 3. The average molecular weight is 286 g/mol. The van der Waals surface area contributed by atoms with E-state index >= 15 is 0 Å². The summed E-state index contributed by atoms with van der Waals surface area (Å²) in [6.45, 7) is 3.11. The molecule has 0 radical (unpaired) electrons. The molecule has 2 fully saturated rings. The van der Waals surface area contributed by atoms with Crippen molar-refractivity contribution in [3.63, 3.8) is 0 Å². The second-order valence-electron chi connectivity index (χ2n) is 6.52. The van der Waals surface area contributed by atoms with Crippen LogP contribution in [0.1, 0.15) is 30.7 Å². The number of nitrogens with one attached hydrogen (secondary N) is 1. The van der Waals surface area contributed by atoms with Gasteiger partial charge in [-0.3, -0.25) is 10.3 Å². The van der Waals surface area contributed by atoms with E-state index in [1.165, 1.54) is 19.3 Å². The van der Waals surface area contributed by atoms with Gasteiger partial charge < -0.3 is 10.6 Å². The Kier molecular flexibility index (Phi) is 4.27. The van der Waals surface area contributed by atoms with Crippen molar-refractivity contribution in [1.29, 1.82) is 5.41 Å². The third-order valence-corrected chi connectivity index (χ3v) is 5.25. The number of hydrogen-bond donors (Lipinski definition) is 2. The van der Waals surface area contributed by atoms with Gasteiger partial charge in [-0.25, -0.2) is 0 Å². The molecule has 2 aliphatic heterocycles. The van der Waals surface area contributed by atoms with Gasteiger partial charge in [-0.2, -0.15) is 0 Å². The van der Waals surface area contributed by atoms with Gasteiger partial charge in [0.15, 0.2) is 0 Å². The Bertz CT molecular complexity index is 487. The Morgan fingerprint density at radius 2 is 1.95 bits per heavy atom. The quantitative estimate of drug-likeness (QED) is 0.656. The van der Waals surface area contributed by atoms with Crippen molar-refractivity contribution in [2.75, 3.05) is 26.7 Å². The molecule has 0 aromatic heterocycles. The first-order valence-corrected chi connectivity index (χ1v) is 7.98. The van der Waals surface area contributed by atoms with Gasteiger partial charge in [-0.15, -0.1) is 0 Å². The summed E-state index contributed by atoms with van der Waals surface area (Å²) in [7, 11) is 2.27. The van der Waals surface area contributed by atoms with Crippen LogP contribution in [0.3, 0.4) is 0 Å². The van der Waals surface area contributed by atoms with Crippen LogP contribution in [0.25, 0.3) is 0 Å². The highest BCUT2D eigenvalue weighted by Gasteiger charge is 2.35. The summed E-state index contributed by atoms with van der Waals surface area (Å²) in [5.41, 5.74) is 7.03. The zero-order valence-electron chi connectivity index (χ0n) is 12.8. The monoisotopic (exact) mass is 286 g/mol. The van der Waals surface area contributed by atoms with Crippen molar-refractivity contribution in [1.82, 2.24) is 9.80 Å². The number of likely N-dealkylation sites (tertiary alicyclic amines) is 1. The molecule has 0 aliphatic carbocycles. The van der Waals surface area contributed by atoms with Gasteiger partial charge in [0.05, 0.1) is 11.8 Å². The fourth-order valence-electron chi connectivity index (χ4n) is 3.87. The smallest absolute Gasteiger partial charge is 0.0995 e. The average Bonchev–Trinajstić information content (AvgIpc) is 2.72. The van der Waals surface area contributed by atoms with E-state index in [1.54, 1.807) is 0 Å². The Morgan fingerprint density at radius 3 is 2.67 bits per heavy atom. The SMILES string of the molecule is CN1C2CCC1CN(CC(C(=N)N)c1ccccc1)CC2. The molecule has 0 amide bonds. The molecule has 4 nitrogen and oxygen atoms in total. The second kappa shape index (κ2) is 6.16. The molecule has 1 aromatic rings. The molecule has 3 atom stereocenters. The van der Waals surface area contributed by atoms with Crippen LogP contribution in [-0.2, 0) is 0 Å². The number of nitrogens with zero attached hydrogens (tertiary/aromatic N) is 2. The summed E-state index contributed by atoms with van der Waals surface area (Å²) in [6.07, 6.45) is 3.91. The Labute approximate surface area is 127 Å². The maximum absolute atomic E-state index is 7.95. The highest BCUT2D eigenvalue weighted by molar-refractivity contribution is 5.84. The Morgan fingerprint density at radius 1 is 1.24 bits per heavy atom. The minimum Gasteiger partial charge on any atom is -0.387 e. The third-order valence-electron chi connectivity index (χ3n) is 5.25. The molecule has 3 N–H and O–H groups in total. The van der Waals surface area contributed by atoms with Crippen molar-refractivity contribution in [2.45, 2.75) is 37.3 Å². The van der Waals surface area contributed by atoms with E-state index in [2.05, 4.69) is 29.0 Å². The number of likely N-dealkylation sites (N-methyl/N-ethyl adjacent to an activating group) is 1. The maximum atomic E-state index is 7.95. The summed E-state index contributed by atoms with van der Waals surface area (Å²) in [6, 6.07) is 11.7.